The second-order valence-corrected chi connectivity index (χ2v) is 6.84. The maximum atomic E-state index is 12.8. The minimum Gasteiger partial charge on any atom is -0.447 e. The van der Waals surface area contributed by atoms with Crippen molar-refractivity contribution < 1.29 is 19.1 Å². The molecule has 0 N–H and O–H groups in total. The number of hydrogen-bond donors (Lipinski definition) is 0. The van der Waals surface area contributed by atoms with E-state index in [0.29, 0.717) is 5.57 Å². The van der Waals surface area contributed by atoms with Crippen LogP contribution in [0.5, 0.6) is 0 Å². The maximum absolute atomic E-state index is 12.8. The summed E-state index contributed by atoms with van der Waals surface area (Å²) < 4.78 is 10.7. The molecule has 3 atom stereocenters. The van der Waals surface area contributed by atoms with Gasteiger partial charge in [-0.15, -0.1) is 0 Å². The molecule has 1 aliphatic heterocycles. The van der Waals surface area contributed by atoms with Crippen molar-refractivity contribution >= 4 is 12.0 Å². The number of cyclic esters (lactones) is 1. The molecule has 5 nitrogen and oxygen atoms in total. The highest BCUT2D eigenvalue weighted by Gasteiger charge is 2.40. The third-order valence-corrected chi connectivity index (χ3v) is 4.60. The van der Waals surface area contributed by atoms with Crippen LogP contribution >= 0.6 is 0 Å². The average Bonchev–Trinajstić information content (AvgIpc) is 2.97. The van der Waals surface area contributed by atoms with E-state index in [1.807, 2.05) is 57.2 Å². The van der Waals surface area contributed by atoms with Crippen LogP contribution < -0.4 is 0 Å². The lowest BCUT2D eigenvalue weighted by Crippen LogP contribution is -2.42. The Balaban J connectivity index is 2.18. The van der Waals surface area contributed by atoms with E-state index in [1.54, 1.807) is 14.0 Å². The zero-order valence-electron chi connectivity index (χ0n) is 15.6. The third-order valence-electron chi connectivity index (χ3n) is 4.60. The molecule has 1 saturated heterocycles. The standard InChI is InChI=1S/C20H27NO4/c1-13(2)17-12-25-20(23)21(17)19(22)15(4)11-14(3)18(24-5)16-9-7-6-8-10-16/h6-11,13-14,17-18H,12H2,1-5H3/b15-11+/t14-,17+,18+/m0/s1. The Labute approximate surface area is 149 Å². The number of amides is 2. The van der Waals surface area contributed by atoms with Crippen molar-refractivity contribution in [3.05, 3.63) is 47.5 Å². The molecule has 1 aromatic rings. The van der Waals surface area contributed by atoms with E-state index in [9.17, 15) is 9.59 Å². The lowest BCUT2D eigenvalue weighted by Gasteiger charge is -2.24. The topological polar surface area (TPSA) is 55.8 Å². The van der Waals surface area contributed by atoms with E-state index in [1.165, 1.54) is 4.90 Å². The summed E-state index contributed by atoms with van der Waals surface area (Å²) in [6, 6.07) is 9.67. The van der Waals surface area contributed by atoms with Gasteiger partial charge in [0.15, 0.2) is 0 Å². The molecule has 0 spiro atoms. The summed E-state index contributed by atoms with van der Waals surface area (Å²) in [4.78, 5) is 26.0. The number of benzene rings is 1. The molecule has 0 radical (unpaired) electrons. The number of imide groups is 1. The highest BCUT2D eigenvalue weighted by Crippen LogP contribution is 2.28. The Morgan fingerprint density at radius 1 is 1.28 bits per heavy atom. The molecule has 0 saturated carbocycles. The van der Waals surface area contributed by atoms with Gasteiger partial charge in [0.25, 0.3) is 5.91 Å². The van der Waals surface area contributed by atoms with Crippen LogP contribution in [0.4, 0.5) is 4.79 Å². The number of rotatable bonds is 6. The van der Waals surface area contributed by atoms with E-state index in [4.69, 9.17) is 9.47 Å². The number of hydrogen-bond acceptors (Lipinski definition) is 4. The Hall–Kier alpha value is -2.14. The molecule has 1 aromatic carbocycles. The number of nitrogens with zero attached hydrogens (tertiary/aromatic N) is 1. The molecule has 0 bridgehead atoms. The van der Waals surface area contributed by atoms with Gasteiger partial charge in [0.05, 0.1) is 12.1 Å². The van der Waals surface area contributed by atoms with Crippen molar-refractivity contribution in [2.45, 2.75) is 39.8 Å². The molecule has 25 heavy (non-hydrogen) atoms. The second kappa shape index (κ2) is 8.30. The van der Waals surface area contributed by atoms with Crippen LogP contribution in [0.1, 0.15) is 39.4 Å². The van der Waals surface area contributed by atoms with Crippen LogP contribution in [0.3, 0.4) is 0 Å². The van der Waals surface area contributed by atoms with E-state index < -0.39 is 6.09 Å². The van der Waals surface area contributed by atoms with Gasteiger partial charge >= 0.3 is 6.09 Å². The smallest absolute Gasteiger partial charge is 0.417 e. The van der Waals surface area contributed by atoms with Crippen LogP contribution in [0, 0.1) is 11.8 Å². The van der Waals surface area contributed by atoms with Gasteiger partial charge in [-0.3, -0.25) is 4.79 Å². The number of carbonyl (C=O) groups is 2. The minimum atomic E-state index is -0.560. The van der Waals surface area contributed by atoms with Gasteiger partial charge in [-0.25, -0.2) is 9.69 Å². The van der Waals surface area contributed by atoms with Crippen molar-refractivity contribution in [1.29, 1.82) is 0 Å². The Bertz CT molecular complexity index is 638. The van der Waals surface area contributed by atoms with Crippen molar-refractivity contribution in [1.82, 2.24) is 4.90 Å². The molecular weight excluding hydrogens is 318 g/mol. The molecular formula is C20H27NO4. The molecule has 0 aromatic heterocycles. The Kier molecular flexibility index (Phi) is 6.37. The van der Waals surface area contributed by atoms with Gasteiger partial charge in [0.1, 0.15) is 6.61 Å². The fraction of sp³-hybridized carbons (Fsp3) is 0.500. The Morgan fingerprint density at radius 3 is 2.48 bits per heavy atom. The molecule has 2 amide bonds. The molecule has 136 valence electrons. The number of ether oxygens (including phenoxy) is 2. The molecule has 1 aliphatic rings. The predicted octanol–water partition coefficient (Wildman–Crippen LogP) is 3.96. The summed E-state index contributed by atoms with van der Waals surface area (Å²) in [5.74, 6) is -0.167. The first-order chi connectivity index (χ1) is 11.9. The fourth-order valence-electron chi connectivity index (χ4n) is 3.20. The van der Waals surface area contributed by atoms with E-state index in [0.717, 1.165) is 5.56 Å². The van der Waals surface area contributed by atoms with Gasteiger partial charge in [-0.05, 0) is 18.4 Å². The van der Waals surface area contributed by atoms with Crippen molar-refractivity contribution in [3.63, 3.8) is 0 Å². The predicted molar refractivity (Wildman–Crippen MR) is 95.9 cm³/mol. The van der Waals surface area contributed by atoms with E-state index >= 15 is 0 Å². The normalized spacial score (nSPS) is 20.6. The minimum absolute atomic E-state index is 0.0209. The van der Waals surface area contributed by atoms with Gasteiger partial charge in [0, 0.05) is 18.6 Å². The van der Waals surface area contributed by atoms with Crippen LogP contribution in [-0.4, -0.2) is 36.7 Å². The molecule has 0 unspecified atom stereocenters. The molecule has 5 heteroatoms. The van der Waals surface area contributed by atoms with Gasteiger partial charge < -0.3 is 9.47 Å². The van der Waals surface area contributed by atoms with E-state index in [2.05, 4.69) is 0 Å². The summed E-state index contributed by atoms with van der Waals surface area (Å²) in [6.07, 6.45) is 1.15. The SMILES string of the molecule is CO[C@@H](c1ccccc1)[C@@H](C)/C=C(\C)C(=O)N1C(=O)OC[C@@H]1C(C)C. The van der Waals surface area contributed by atoms with Gasteiger partial charge in [0.2, 0.25) is 0 Å². The van der Waals surface area contributed by atoms with Crippen LogP contribution in [0.25, 0.3) is 0 Å². The summed E-state index contributed by atoms with van der Waals surface area (Å²) in [5, 5.41) is 0. The van der Waals surface area contributed by atoms with Crippen molar-refractivity contribution in [2.75, 3.05) is 13.7 Å². The maximum Gasteiger partial charge on any atom is 0.417 e. The first-order valence-corrected chi connectivity index (χ1v) is 8.63. The summed E-state index contributed by atoms with van der Waals surface area (Å²) >= 11 is 0. The van der Waals surface area contributed by atoms with Crippen molar-refractivity contribution in [2.24, 2.45) is 11.8 Å². The summed E-state index contributed by atoms with van der Waals surface area (Å²) in [5.41, 5.74) is 1.57. The highest BCUT2D eigenvalue weighted by molar-refractivity contribution is 6.03. The molecule has 2 rings (SSSR count). The average molecular weight is 345 g/mol. The number of carbonyl (C=O) groups excluding carboxylic acids is 2. The van der Waals surface area contributed by atoms with Crippen LogP contribution in [-0.2, 0) is 14.3 Å². The molecule has 0 aliphatic carbocycles. The number of methoxy groups -OCH3 is 1. The zero-order chi connectivity index (χ0) is 18.6. The lowest BCUT2D eigenvalue weighted by molar-refractivity contribution is -0.125. The van der Waals surface area contributed by atoms with Gasteiger partial charge in [-0.2, -0.15) is 0 Å². The fourth-order valence-corrected chi connectivity index (χ4v) is 3.20. The Morgan fingerprint density at radius 2 is 1.92 bits per heavy atom. The van der Waals surface area contributed by atoms with Crippen LogP contribution in [0.15, 0.2) is 42.0 Å². The summed E-state index contributed by atoms with van der Waals surface area (Å²) in [6.45, 7) is 7.95. The lowest BCUT2D eigenvalue weighted by atomic mass is 9.94. The first kappa shape index (κ1) is 19.2. The largest absolute Gasteiger partial charge is 0.447 e. The third kappa shape index (κ3) is 4.28. The van der Waals surface area contributed by atoms with Crippen LogP contribution in [0.2, 0.25) is 0 Å². The highest BCUT2D eigenvalue weighted by atomic mass is 16.6. The monoisotopic (exact) mass is 345 g/mol. The first-order valence-electron chi connectivity index (χ1n) is 8.63. The summed E-state index contributed by atoms with van der Waals surface area (Å²) in [7, 11) is 1.66. The molecule has 1 heterocycles. The van der Waals surface area contributed by atoms with Crippen molar-refractivity contribution in [3.8, 4) is 0 Å². The van der Waals surface area contributed by atoms with E-state index in [-0.39, 0.29) is 36.5 Å². The second-order valence-electron chi connectivity index (χ2n) is 6.84. The zero-order valence-corrected chi connectivity index (χ0v) is 15.6. The van der Waals surface area contributed by atoms with Gasteiger partial charge in [-0.1, -0.05) is 57.2 Å². The quantitative estimate of drug-likeness (QED) is 0.732. The molecule has 1 fully saturated rings.